The summed E-state index contributed by atoms with van der Waals surface area (Å²) in [5.74, 6) is -0.109. The van der Waals surface area contributed by atoms with E-state index in [4.69, 9.17) is 0 Å². The first-order chi connectivity index (χ1) is 10.4. The highest BCUT2D eigenvalue weighted by atomic mass is 32.1. The number of carbonyl (C=O) groups excluding carboxylic acids is 1. The van der Waals surface area contributed by atoms with Crippen molar-refractivity contribution >= 4 is 28.3 Å². The van der Waals surface area contributed by atoms with E-state index in [1.54, 1.807) is 29.8 Å². The first kappa shape index (κ1) is 14.7. The summed E-state index contributed by atoms with van der Waals surface area (Å²) in [6, 6.07) is 5.42. The molecule has 0 bridgehead atoms. The Hall–Kier alpha value is -2.21. The number of benzene rings is 1. The van der Waals surface area contributed by atoms with Gasteiger partial charge in [0.2, 0.25) is 0 Å². The summed E-state index contributed by atoms with van der Waals surface area (Å²) in [4.78, 5) is 23.9. The van der Waals surface area contributed by atoms with Gasteiger partial charge in [-0.3, -0.25) is 4.79 Å². The Kier molecular flexibility index (Phi) is 3.70. The molecular weight excluding hydrogens is 296 g/mol. The van der Waals surface area contributed by atoms with Crippen molar-refractivity contribution < 1.29 is 4.79 Å². The van der Waals surface area contributed by atoms with Crippen LogP contribution in [0.25, 0.3) is 11.0 Å². The fraction of sp³-hybridized carbons (Fsp3) is 0.312. The number of H-pyrrole nitrogens is 1. The van der Waals surface area contributed by atoms with Gasteiger partial charge in [0, 0.05) is 16.4 Å². The number of hydrogen-bond acceptors (Lipinski definition) is 4. The molecule has 0 unspecified atom stereocenters. The van der Waals surface area contributed by atoms with E-state index >= 15 is 0 Å². The van der Waals surface area contributed by atoms with Crippen molar-refractivity contribution in [3.63, 3.8) is 0 Å². The topological polar surface area (TPSA) is 70.7 Å². The fourth-order valence-corrected chi connectivity index (χ4v) is 2.99. The molecule has 0 spiro atoms. The fourth-order valence-electron chi connectivity index (χ4n) is 2.08. The van der Waals surface area contributed by atoms with Crippen LogP contribution in [-0.2, 0) is 12.0 Å². The first-order valence-corrected chi connectivity index (χ1v) is 7.98. The minimum atomic E-state index is -0.109. The van der Waals surface area contributed by atoms with E-state index < -0.39 is 0 Å². The number of rotatable bonds is 3. The molecule has 0 aliphatic rings. The lowest BCUT2D eigenvalue weighted by atomic mass is 9.98. The SMILES string of the molecule is CC(C)(C)c1nc(CNC(=O)c2ccc3nc[nH]c3c2)cs1. The summed E-state index contributed by atoms with van der Waals surface area (Å²) >= 11 is 1.63. The molecule has 22 heavy (non-hydrogen) atoms. The normalized spacial score (nSPS) is 11.8. The maximum atomic E-state index is 12.2. The quantitative estimate of drug-likeness (QED) is 0.779. The number of aromatic nitrogens is 3. The highest BCUT2D eigenvalue weighted by molar-refractivity contribution is 7.09. The number of imidazole rings is 1. The molecular formula is C16H18N4OS. The van der Waals surface area contributed by atoms with Gasteiger partial charge in [0.1, 0.15) is 0 Å². The van der Waals surface area contributed by atoms with Crippen molar-refractivity contribution in [2.75, 3.05) is 0 Å². The Bertz CT molecular complexity index is 813. The highest BCUT2D eigenvalue weighted by Gasteiger charge is 2.18. The van der Waals surface area contributed by atoms with Gasteiger partial charge < -0.3 is 10.3 Å². The Morgan fingerprint density at radius 2 is 2.18 bits per heavy atom. The molecule has 0 saturated carbocycles. The van der Waals surface area contributed by atoms with Gasteiger partial charge in [-0.15, -0.1) is 11.3 Å². The summed E-state index contributed by atoms with van der Waals surface area (Å²) in [5, 5.41) is 5.99. The number of nitrogens with one attached hydrogen (secondary N) is 2. The van der Waals surface area contributed by atoms with E-state index in [9.17, 15) is 4.79 Å². The van der Waals surface area contributed by atoms with Crippen LogP contribution in [0.4, 0.5) is 0 Å². The largest absolute Gasteiger partial charge is 0.346 e. The Morgan fingerprint density at radius 1 is 1.36 bits per heavy atom. The van der Waals surface area contributed by atoms with Gasteiger partial charge in [-0.25, -0.2) is 9.97 Å². The van der Waals surface area contributed by atoms with Gasteiger partial charge in [-0.1, -0.05) is 20.8 Å². The van der Waals surface area contributed by atoms with E-state index in [0.717, 1.165) is 21.7 Å². The molecule has 3 aromatic rings. The van der Waals surface area contributed by atoms with Crippen LogP contribution in [0.15, 0.2) is 29.9 Å². The van der Waals surface area contributed by atoms with Crippen molar-refractivity contribution in [3.05, 3.63) is 46.2 Å². The Morgan fingerprint density at radius 3 is 2.91 bits per heavy atom. The number of thiazole rings is 1. The predicted octanol–water partition coefficient (Wildman–Crippen LogP) is 3.25. The molecule has 1 amide bonds. The van der Waals surface area contributed by atoms with E-state index in [1.165, 1.54) is 0 Å². The van der Waals surface area contributed by atoms with Crippen LogP contribution in [0.5, 0.6) is 0 Å². The molecule has 0 radical (unpaired) electrons. The third kappa shape index (κ3) is 3.01. The second-order valence-corrected chi connectivity index (χ2v) is 7.07. The molecule has 114 valence electrons. The lowest BCUT2D eigenvalue weighted by Crippen LogP contribution is -2.23. The number of aromatic amines is 1. The number of carbonyl (C=O) groups is 1. The third-order valence-corrected chi connectivity index (χ3v) is 4.62. The molecule has 5 nitrogen and oxygen atoms in total. The van der Waals surface area contributed by atoms with Gasteiger partial charge in [0.05, 0.1) is 34.6 Å². The minimum absolute atomic E-state index is 0.0403. The van der Waals surface area contributed by atoms with Crippen molar-refractivity contribution in [1.82, 2.24) is 20.3 Å². The zero-order chi connectivity index (χ0) is 15.7. The van der Waals surface area contributed by atoms with Crippen LogP contribution in [0.1, 0.15) is 41.8 Å². The minimum Gasteiger partial charge on any atom is -0.346 e. The molecule has 6 heteroatoms. The maximum Gasteiger partial charge on any atom is 0.251 e. The Labute approximate surface area is 132 Å². The van der Waals surface area contributed by atoms with Gasteiger partial charge in [-0.2, -0.15) is 0 Å². The second-order valence-electron chi connectivity index (χ2n) is 6.21. The Balaban J connectivity index is 1.68. The summed E-state index contributed by atoms with van der Waals surface area (Å²) in [6.45, 7) is 6.84. The van der Waals surface area contributed by atoms with E-state index in [1.807, 2.05) is 11.4 Å². The van der Waals surface area contributed by atoms with Crippen LogP contribution in [0.3, 0.4) is 0 Å². The molecule has 2 aromatic heterocycles. The average molecular weight is 314 g/mol. The van der Waals surface area contributed by atoms with Crippen LogP contribution >= 0.6 is 11.3 Å². The van der Waals surface area contributed by atoms with Crippen LogP contribution < -0.4 is 5.32 Å². The van der Waals surface area contributed by atoms with Crippen LogP contribution in [0, 0.1) is 0 Å². The molecule has 3 rings (SSSR count). The third-order valence-electron chi connectivity index (χ3n) is 3.31. The van der Waals surface area contributed by atoms with E-state index in [2.05, 4.69) is 41.0 Å². The monoisotopic (exact) mass is 314 g/mol. The van der Waals surface area contributed by atoms with E-state index in [-0.39, 0.29) is 11.3 Å². The van der Waals surface area contributed by atoms with Crippen molar-refractivity contribution in [2.24, 2.45) is 0 Å². The molecule has 2 heterocycles. The first-order valence-electron chi connectivity index (χ1n) is 7.10. The smallest absolute Gasteiger partial charge is 0.251 e. The zero-order valence-corrected chi connectivity index (χ0v) is 13.6. The molecule has 0 fully saturated rings. The summed E-state index contributed by atoms with van der Waals surface area (Å²) in [7, 11) is 0. The highest BCUT2D eigenvalue weighted by Crippen LogP contribution is 2.25. The van der Waals surface area contributed by atoms with Gasteiger partial charge in [-0.05, 0) is 18.2 Å². The van der Waals surface area contributed by atoms with Crippen molar-refractivity contribution in [3.8, 4) is 0 Å². The number of hydrogen-bond donors (Lipinski definition) is 2. The molecule has 0 aliphatic heterocycles. The molecule has 1 aromatic carbocycles. The average Bonchev–Trinajstić information content (AvgIpc) is 3.12. The van der Waals surface area contributed by atoms with Gasteiger partial charge in [0.15, 0.2) is 0 Å². The zero-order valence-electron chi connectivity index (χ0n) is 12.8. The molecule has 0 atom stereocenters. The summed E-state index contributed by atoms with van der Waals surface area (Å²) in [5.41, 5.74) is 3.26. The second kappa shape index (κ2) is 5.53. The predicted molar refractivity (Wildman–Crippen MR) is 88.1 cm³/mol. The van der Waals surface area contributed by atoms with Crippen molar-refractivity contribution in [1.29, 1.82) is 0 Å². The van der Waals surface area contributed by atoms with E-state index in [0.29, 0.717) is 12.1 Å². The van der Waals surface area contributed by atoms with Crippen molar-refractivity contribution in [2.45, 2.75) is 32.7 Å². The summed E-state index contributed by atoms with van der Waals surface area (Å²) in [6.07, 6.45) is 1.62. The van der Waals surface area contributed by atoms with Crippen LogP contribution in [0.2, 0.25) is 0 Å². The lowest BCUT2D eigenvalue weighted by Gasteiger charge is -2.13. The molecule has 2 N–H and O–H groups in total. The number of amides is 1. The molecule has 0 saturated heterocycles. The number of fused-ring (bicyclic) bond motifs is 1. The lowest BCUT2D eigenvalue weighted by molar-refractivity contribution is 0.0950. The van der Waals surface area contributed by atoms with Gasteiger partial charge >= 0.3 is 0 Å². The number of nitrogens with zero attached hydrogens (tertiary/aromatic N) is 2. The summed E-state index contributed by atoms with van der Waals surface area (Å²) < 4.78 is 0. The standard InChI is InChI=1S/C16H18N4OS/c1-16(2,3)15-20-11(8-22-15)7-17-14(21)10-4-5-12-13(6-10)19-9-18-12/h4-6,8-9H,7H2,1-3H3,(H,17,21)(H,18,19). The van der Waals surface area contributed by atoms with Gasteiger partial charge in [0.25, 0.3) is 5.91 Å². The van der Waals surface area contributed by atoms with Crippen LogP contribution in [-0.4, -0.2) is 20.9 Å². The maximum absolute atomic E-state index is 12.2. The molecule has 0 aliphatic carbocycles.